The van der Waals surface area contributed by atoms with Crippen LogP contribution in [0.4, 0.5) is 0 Å². The number of amides is 1. The molecule has 0 aliphatic carbocycles. The van der Waals surface area contributed by atoms with Gasteiger partial charge in [-0.2, -0.15) is 0 Å². The summed E-state index contributed by atoms with van der Waals surface area (Å²) in [5.74, 6) is 0.805. The van der Waals surface area contributed by atoms with Crippen LogP contribution in [0, 0.1) is 0 Å². The molecule has 0 saturated carbocycles. The normalized spacial score (nSPS) is 18.6. The first-order valence-corrected chi connectivity index (χ1v) is 10.7. The number of fused-ring (bicyclic) bond motifs is 1. The van der Waals surface area contributed by atoms with E-state index in [0.717, 1.165) is 11.1 Å². The van der Waals surface area contributed by atoms with Gasteiger partial charge in [0.25, 0.3) is 0 Å². The maximum atomic E-state index is 13.2. The van der Waals surface area contributed by atoms with E-state index in [1.807, 2.05) is 54.6 Å². The summed E-state index contributed by atoms with van der Waals surface area (Å²) in [6.45, 7) is 1.94. The first-order chi connectivity index (χ1) is 14.6. The van der Waals surface area contributed by atoms with Crippen molar-refractivity contribution in [1.29, 1.82) is 0 Å². The van der Waals surface area contributed by atoms with Crippen molar-refractivity contribution in [2.45, 2.75) is 26.0 Å². The fourth-order valence-corrected chi connectivity index (χ4v) is 4.59. The minimum absolute atomic E-state index is 0.0545. The number of allylic oxidation sites excluding steroid dienone is 1. The molecule has 1 saturated heterocycles. The van der Waals surface area contributed by atoms with Gasteiger partial charge in [-0.1, -0.05) is 54.2 Å². The van der Waals surface area contributed by atoms with Crippen LogP contribution in [0.1, 0.15) is 30.5 Å². The average molecular weight is 423 g/mol. The summed E-state index contributed by atoms with van der Waals surface area (Å²) in [4.78, 5) is 32.2. The molecule has 4 rings (SSSR count). The van der Waals surface area contributed by atoms with Crippen molar-refractivity contribution in [3.05, 3.63) is 77.0 Å². The number of esters is 1. The number of thioether (sulfide) groups is 1. The second kappa shape index (κ2) is 8.75. The van der Waals surface area contributed by atoms with E-state index in [9.17, 15) is 9.59 Å². The topological polar surface area (TPSA) is 68.2 Å². The molecule has 0 radical (unpaired) electrons. The molecule has 0 spiro atoms. The fraction of sp³-hybridized carbons (Fsp3) is 0.261. The highest BCUT2D eigenvalue weighted by Gasteiger charge is 2.41. The summed E-state index contributed by atoms with van der Waals surface area (Å²) in [6.07, 6.45) is 0.398. The third kappa shape index (κ3) is 3.98. The molecule has 1 atom stereocenters. The SMILES string of the molecule is COc1cccc([C@@H]2C(C(=O)OCc3ccccc3)=C(C)N=C3SCCC(=O)N32)c1. The van der Waals surface area contributed by atoms with Crippen LogP contribution in [0.5, 0.6) is 5.75 Å². The van der Waals surface area contributed by atoms with Crippen LogP contribution >= 0.6 is 11.8 Å². The van der Waals surface area contributed by atoms with Crippen molar-refractivity contribution >= 4 is 28.8 Å². The molecule has 0 bridgehead atoms. The minimum atomic E-state index is -0.601. The van der Waals surface area contributed by atoms with Crippen LogP contribution in [0.25, 0.3) is 0 Å². The molecule has 30 heavy (non-hydrogen) atoms. The van der Waals surface area contributed by atoms with Crippen LogP contribution in [0.15, 0.2) is 70.9 Å². The first-order valence-electron chi connectivity index (χ1n) is 9.68. The monoisotopic (exact) mass is 422 g/mol. The number of ether oxygens (including phenoxy) is 2. The molecule has 1 fully saturated rings. The van der Waals surface area contributed by atoms with Gasteiger partial charge < -0.3 is 9.47 Å². The number of benzene rings is 2. The Bertz CT molecular complexity index is 1030. The van der Waals surface area contributed by atoms with Crippen LogP contribution < -0.4 is 4.74 Å². The first kappa shape index (κ1) is 20.2. The number of hydrogen-bond acceptors (Lipinski definition) is 6. The largest absolute Gasteiger partial charge is 0.497 e. The van der Waals surface area contributed by atoms with Gasteiger partial charge in [0, 0.05) is 12.2 Å². The molecule has 2 aromatic carbocycles. The second-order valence-electron chi connectivity index (χ2n) is 7.00. The highest BCUT2D eigenvalue weighted by molar-refractivity contribution is 8.14. The Kier molecular flexibility index (Phi) is 5.90. The molecule has 2 aromatic rings. The van der Waals surface area contributed by atoms with Crippen molar-refractivity contribution in [3.8, 4) is 5.75 Å². The number of carbonyl (C=O) groups excluding carboxylic acids is 2. The van der Waals surface area contributed by atoms with Crippen molar-refractivity contribution in [3.63, 3.8) is 0 Å². The number of aliphatic imine (C=N–C) groups is 1. The molecule has 2 heterocycles. The van der Waals surface area contributed by atoms with Crippen molar-refractivity contribution in [2.75, 3.05) is 12.9 Å². The molecule has 6 nitrogen and oxygen atoms in total. The van der Waals surface area contributed by atoms with Crippen LogP contribution in [0.2, 0.25) is 0 Å². The highest BCUT2D eigenvalue weighted by Crippen LogP contribution is 2.41. The highest BCUT2D eigenvalue weighted by atomic mass is 32.2. The Balaban J connectivity index is 1.73. The molecule has 2 aliphatic heterocycles. The summed E-state index contributed by atoms with van der Waals surface area (Å²) < 4.78 is 11.0. The van der Waals surface area contributed by atoms with Crippen molar-refractivity contribution in [1.82, 2.24) is 4.90 Å². The lowest BCUT2D eigenvalue weighted by atomic mass is 9.94. The summed E-state index contributed by atoms with van der Waals surface area (Å²) >= 11 is 1.52. The number of methoxy groups -OCH3 is 1. The number of carbonyl (C=O) groups is 2. The Labute approximate surface area is 179 Å². The molecule has 2 aliphatic rings. The third-order valence-electron chi connectivity index (χ3n) is 5.05. The fourth-order valence-electron chi connectivity index (χ4n) is 3.59. The van der Waals surface area contributed by atoms with Gasteiger partial charge in [0.2, 0.25) is 5.91 Å². The predicted molar refractivity (Wildman–Crippen MR) is 116 cm³/mol. The van der Waals surface area contributed by atoms with E-state index in [4.69, 9.17) is 9.47 Å². The van der Waals surface area contributed by atoms with Crippen molar-refractivity contribution in [2.24, 2.45) is 4.99 Å². The molecular formula is C23H22N2O4S. The summed E-state index contributed by atoms with van der Waals surface area (Å²) in [7, 11) is 1.59. The molecule has 154 valence electrons. The zero-order valence-electron chi connectivity index (χ0n) is 16.8. The second-order valence-corrected chi connectivity index (χ2v) is 8.06. The standard InChI is InChI=1S/C23H22N2O4S/c1-15-20(22(27)29-14-16-7-4-3-5-8-16)21(17-9-6-10-18(13-17)28-2)25-19(26)11-12-30-23(25)24-15/h3-10,13,21H,11-12,14H2,1-2H3/t21-/m1/s1. The lowest BCUT2D eigenvalue weighted by Gasteiger charge is -2.39. The van der Waals surface area contributed by atoms with E-state index in [1.54, 1.807) is 18.9 Å². The summed E-state index contributed by atoms with van der Waals surface area (Å²) in [6, 6.07) is 16.3. The quantitative estimate of drug-likeness (QED) is 0.679. The molecular weight excluding hydrogens is 400 g/mol. The van der Waals surface area contributed by atoms with E-state index in [1.165, 1.54) is 11.8 Å². The Morgan fingerprint density at radius 3 is 2.77 bits per heavy atom. The van der Waals surface area contributed by atoms with Gasteiger partial charge in [-0.05, 0) is 30.2 Å². The summed E-state index contributed by atoms with van der Waals surface area (Å²) in [5.41, 5.74) is 2.61. The predicted octanol–water partition coefficient (Wildman–Crippen LogP) is 4.09. The molecule has 1 amide bonds. The van der Waals surface area contributed by atoms with Crippen LogP contribution in [0.3, 0.4) is 0 Å². The summed E-state index contributed by atoms with van der Waals surface area (Å²) in [5, 5.41) is 0.621. The van der Waals surface area contributed by atoms with Gasteiger partial charge in [0.05, 0.1) is 24.4 Å². The van der Waals surface area contributed by atoms with E-state index >= 15 is 0 Å². The molecule has 0 aromatic heterocycles. The Morgan fingerprint density at radius 2 is 2.00 bits per heavy atom. The number of hydrogen-bond donors (Lipinski definition) is 0. The number of amidine groups is 1. The molecule has 0 unspecified atom stereocenters. The lowest BCUT2D eigenvalue weighted by Crippen LogP contribution is -2.45. The van der Waals surface area contributed by atoms with E-state index < -0.39 is 12.0 Å². The molecule has 0 N–H and O–H groups in total. The maximum absolute atomic E-state index is 13.2. The van der Waals surface area contributed by atoms with Crippen LogP contribution in [-0.4, -0.2) is 34.8 Å². The van der Waals surface area contributed by atoms with Gasteiger partial charge >= 0.3 is 5.97 Å². The van der Waals surface area contributed by atoms with E-state index in [-0.39, 0.29) is 12.5 Å². The maximum Gasteiger partial charge on any atom is 0.338 e. The van der Waals surface area contributed by atoms with E-state index in [2.05, 4.69) is 4.99 Å². The van der Waals surface area contributed by atoms with Crippen molar-refractivity contribution < 1.29 is 19.1 Å². The lowest BCUT2D eigenvalue weighted by molar-refractivity contribution is -0.141. The average Bonchev–Trinajstić information content (AvgIpc) is 2.77. The van der Waals surface area contributed by atoms with Gasteiger partial charge in [0.1, 0.15) is 12.4 Å². The zero-order chi connectivity index (χ0) is 21.1. The Morgan fingerprint density at radius 1 is 1.20 bits per heavy atom. The van der Waals surface area contributed by atoms with Gasteiger partial charge in [-0.15, -0.1) is 0 Å². The van der Waals surface area contributed by atoms with Crippen LogP contribution in [-0.2, 0) is 20.9 Å². The van der Waals surface area contributed by atoms with Gasteiger partial charge in [0.15, 0.2) is 5.17 Å². The number of nitrogens with zero attached hydrogens (tertiary/aromatic N) is 2. The van der Waals surface area contributed by atoms with Gasteiger partial charge in [-0.25, -0.2) is 9.79 Å². The van der Waals surface area contributed by atoms with Gasteiger partial charge in [-0.3, -0.25) is 9.69 Å². The molecule has 7 heteroatoms. The Hall–Kier alpha value is -3.06. The van der Waals surface area contributed by atoms with E-state index in [0.29, 0.717) is 34.4 Å². The zero-order valence-corrected chi connectivity index (χ0v) is 17.6. The smallest absolute Gasteiger partial charge is 0.338 e. The minimum Gasteiger partial charge on any atom is -0.497 e. The third-order valence-corrected chi connectivity index (χ3v) is 6.00. The number of rotatable bonds is 5.